The summed E-state index contributed by atoms with van der Waals surface area (Å²) in [5.74, 6) is 1.25. The maximum Gasteiger partial charge on any atom is 0.416 e. The van der Waals surface area contributed by atoms with Crippen LogP contribution in [0.1, 0.15) is 38.2 Å². The van der Waals surface area contributed by atoms with Crippen LogP contribution in [0.15, 0.2) is 36.9 Å². The Labute approximate surface area is 192 Å². The maximum absolute atomic E-state index is 12.8. The van der Waals surface area contributed by atoms with Crippen molar-refractivity contribution in [2.45, 2.75) is 44.8 Å². The fourth-order valence-electron chi connectivity index (χ4n) is 5.30. The molecule has 0 N–H and O–H groups in total. The van der Waals surface area contributed by atoms with Crippen LogP contribution in [-0.2, 0) is 11.3 Å². The molecule has 1 aromatic carbocycles. The van der Waals surface area contributed by atoms with Gasteiger partial charge >= 0.3 is 6.09 Å². The fourth-order valence-corrected chi connectivity index (χ4v) is 5.30. The first-order chi connectivity index (χ1) is 15.8. The van der Waals surface area contributed by atoms with Gasteiger partial charge in [0.15, 0.2) is 5.82 Å². The molecule has 2 aromatic heterocycles. The minimum absolute atomic E-state index is 0.0781. The lowest BCUT2D eigenvalue weighted by Crippen LogP contribution is -2.45. The molecular formula is C24H27N7O2. The van der Waals surface area contributed by atoms with Gasteiger partial charge in [-0.05, 0) is 49.3 Å². The van der Waals surface area contributed by atoms with Gasteiger partial charge in [-0.2, -0.15) is 5.26 Å². The Kier molecular flexibility index (Phi) is 4.96. The number of ether oxygens (including phenoxy) is 1. The summed E-state index contributed by atoms with van der Waals surface area (Å²) in [6, 6.07) is 7.76. The highest BCUT2D eigenvalue weighted by Crippen LogP contribution is 2.47. The molecule has 0 unspecified atom stereocenters. The predicted molar refractivity (Wildman–Crippen MR) is 124 cm³/mol. The molecule has 1 saturated heterocycles. The van der Waals surface area contributed by atoms with Gasteiger partial charge in [0.1, 0.15) is 11.4 Å². The van der Waals surface area contributed by atoms with Gasteiger partial charge in [0.05, 0.1) is 47.9 Å². The van der Waals surface area contributed by atoms with Crippen molar-refractivity contribution in [3.63, 3.8) is 0 Å². The standard InChI is InChI=1S/C24H27N7O2/c1-23(14-30-16-28-18-6-5-17(10-25)9-19(18)30)7-4-8-24(13-23)15-31(22(32)33-24)21-12-26-20(11-27-21)29(2)3/h5-6,9,11-12,16H,4,7-8,13-15H2,1-3H3/t23-,24-/m0/s1. The lowest BCUT2D eigenvalue weighted by Gasteiger charge is -2.43. The van der Waals surface area contributed by atoms with Crippen molar-refractivity contribution in [3.8, 4) is 6.07 Å². The van der Waals surface area contributed by atoms with Crippen LogP contribution in [0.3, 0.4) is 0 Å². The van der Waals surface area contributed by atoms with Crippen molar-refractivity contribution in [3.05, 3.63) is 42.5 Å². The highest BCUT2D eigenvalue weighted by Gasteiger charge is 2.52. The van der Waals surface area contributed by atoms with Crippen LogP contribution in [0, 0.1) is 16.7 Å². The molecule has 1 aliphatic heterocycles. The first kappa shape index (κ1) is 21.2. The maximum atomic E-state index is 12.8. The number of carbonyl (C=O) groups excluding carboxylic acids is 1. The first-order valence-electron chi connectivity index (χ1n) is 11.1. The smallest absolute Gasteiger partial charge is 0.416 e. The fraction of sp³-hybridized carbons (Fsp3) is 0.458. The van der Waals surface area contributed by atoms with Gasteiger partial charge in [0.25, 0.3) is 0 Å². The van der Waals surface area contributed by atoms with E-state index in [4.69, 9.17) is 4.74 Å². The van der Waals surface area contributed by atoms with Gasteiger partial charge in [-0.3, -0.25) is 4.90 Å². The van der Waals surface area contributed by atoms with Crippen molar-refractivity contribution in [1.29, 1.82) is 5.26 Å². The number of hydrogen-bond donors (Lipinski definition) is 0. The lowest BCUT2D eigenvalue weighted by molar-refractivity contribution is -0.0264. The van der Waals surface area contributed by atoms with E-state index in [0.717, 1.165) is 49.1 Å². The van der Waals surface area contributed by atoms with Gasteiger partial charge in [-0.25, -0.2) is 19.7 Å². The molecule has 170 valence electrons. The summed E-state index contributed by atoms with van der Waals surface area (Å²) in [7, 11) is 3.80. The Morgan fingerprint density at radius 2 is 2.06 bits per heavy atom. The van der Waals surface area contributed by atoms with Gasteiger partial charge in [-0.1, -0.05) is 6.92 Å². The number of nitriles is 1. The number of hydrogen-bond acceptors (Lipinski definition) is 7. The SMILES string of the molecule is CN(C)c1cnc(N2C[C@@]3(CCC[C@](C)(Cn4cnc5ccc(C#N)cc54)C3)OC2=O)cn1. The Morgan fingerprint density at radius 3 is 2.79 bits per heavy atom. The molecule has 33 heavy (non-hydrogen) atoms. The first-order valence-corrected chi connectivity index (χ1v) is 11.1. The van der Waals surface area contributed by atoms with E-state index in [-0.39, 0.29) is 11.5 Å². The van der Waals surface area contributed by atoms with Crippen LogP contribution in [-0.4, -0.2) is 51.9 Å². The zero-order valence-electron chi connectivity index (χ0n) is 19.2. The molecule has 2 fully saturated rings. The van der Waals surface area contributed by atoms with Gasteiger partial charge < -0.3 is 14.2 Å². The number of nitrogens with zero attached hydrogens (tertiary/aromatic N) is 7. The molecule has 0 radical (unpaired) electrons. The summed E-state index contributed by atoms with van der Waals surface area (Å²) in [4.78, 5) is 29.6. The van der Waals surface area contributed by atoms with E-state index >= 15 is 0 Å². The van der Waals surface area contributed by atoms with Crippen LogP contribution in [0.4, 0.5) is 16.4 Å². The zero-order valence-corrected chi connectivity index (χ0v) is 19.2. The Bertz CT molecular complexity index is 1250. The molecule has 1 aliphatic carbocycles. The molecule has 5 rings (SSSR count). The molecular weight excluding hydrogens is 418 g/mol. The number of amides is 1. The molecule has 3 aromatic rings. The largest absolute Gasteiger partial charge is 0.441 e. The second-order valence-electron chi connectivity index (χ2n) is 9.79. The van der Waals surface area contributed by atoms with Gasteiger partial charge in [0, 0.05) is 20.6 Å². The number of fused-ring (bicyclic) bond motifs is 1. The van der Waals surface area contributed by atoms with Crippen LogP contribution in [0.5, 0.6) is 0 Å². The third kappa shape index (κ3) is 3.86. The van der Waals surface area contributed by atoms with E-state index in [1.54, 1.807) is 23.4 Å². The number of imidazole rings is 1. The molecule has 3 heterocycles. The van der Waals surface area contributed by atoms with Gasteiger partial charge in [-0.15, -0.1) is 0 Å². The quantitative estimate of drug-likeness (QED) is 0.603. The number of anilines is 2. The number of carbonyl (C=O) groups is 1. The molecule has 2 aliphatic rings. The van der Waals surface area contributed by atoms with E-state index in [9.17, 15) is 10.1 Å². The summed E-state index contributed by atoms with van der Waals surface area (Å²) in [6.45, 7) is 3.46. The highest BCUT2D eigenvalue weighted by molar-refractivity contribution is 5.89. The van der Waals surface area contributed by atoms with Gasteiger partial charge in [0.2, 0.25) is 0 Å². The number of aromatic nitrogens is 4. The minimum Gasteiger partial charge on any atom is -0.441 e. The monoisotopic (exact) mass is 445 g/mol. The number of rotatable bonds is 4. The average Bonchev–Trinajstić information content (AvgIpc) is 3.33. The predicted octanol–water partition coefficient (Wildman–Crippen LogP) is 3.74. The normalized spacial score (nSPS) is 24.8. The second-order valence-corrected chi connectivity index (χ2v) is 9.79. The zero-order chi connectivity index (χ0) is 23.2. The third-order valence-corrected chi connectivity index (χ3v) is 6.79. The van der Waals surface area contributed by atoms with Crippen LogP contribution in [0.2, 0.25) is 0 Å². The van der Waals surface area contributed by atoms with E-state index in [2.05, 4.69) is 32.5 Å². The highest BCUT2D eigenvalue weighted by atomic mass is 16.6. The summed E-state index contributed by atoms with van der Waals surface area (Å²) in [5.41, 5.74) is 1.83. The van der Waals surface area contributed by atoms with Crippen molar-refractivity contribution >= 4 is 28.8 Å². The lowest BCUT2D eigenvalue weighted by atomic mass is 9.68. The van der Waals surface area contributed by atoms with E-state index in [1.165, 1.54) is 0 Å². The number of benzene rings is 1. The molecule has 1 saturated carbocycles. The minimum atomic E-state index is -0.541. The van der Waals surface area contributed by atoms with Crippen molar-refractivity contribution in [1.82, 2.24) is 19.5 Å². The summed E-state index contributed by atoms with van der Waals surface area (Å²) < 4.78 is 8.13. The molecule has 1 spiro atoms. The topological polar surface area (TPSA) is 100 Å². The summed E-state index contributed by atoms with van der Waals surface area (Å²) in [6.07, 6.45) is 8.35. The van der Waals surface area contributed by atoms with Crippen LogP contribution in [0.25, 0.3) is 11.0 Å². The van der Waals surface area contributed by atoms with E-state index in [1.807, 2.05) is 37.5 Å². The second kappa shape index (κ2) is 7.73. The van der Waals surface area contributed by atoms with Crippen molar-refractivity contribution in [2.75, 3.05) is 30.4 Å². The molecule has 0 bridgehead atoms. The Balaban J connectivity index is 1.37. The molecule has 9 heteroatoms. The summed E-state index contributed by atoms with van der Waals surface area (Å²) >= 11 is 0. The Morgan fingerprint density at radius 1 is 1.21 bits per heavy atom. The molecule has 9 nitrogen and oxygen atoms in total. The van der Waals surface area contributed by atoms with E-state index in [0.29, 0.717) is 17.9 Å². The van der Waals surface area contributed by atoms with Crippen molar-refractivity contribution < 1.29 is 9.53 Å². The van der Waals surface area contributed by atoms with Crippen LogP contribution < -0.4 is 9.80 Å². The Hall–Kier alpha value is -3.67. The third-order valence-electron chi connectivity index (χ3n) is 6.79. The molecule has 1 amide bonds. The molecule has 2 atom stereocenters. The van der Waals surface area contributed by atoms with Crippen LogP contribution >= 0.6 is 0 Å². The summed E-state index contributed by atoms with van der Waals surface area (Å²) in [5, 5.41) is 9.28. The van der Waals surface area contributed by atoms with Crippen molar-refractivity contribution in [2.24, 2.45) is 5.41 Å². The average molecular weight is 446 g/mol. The van der Waals surface area contributed by atoms with E-state index < -0.39 is 5.60 Å².